The molecule has 0 atom stereocenters. The fourth-order valence-corrected chi connectivity index (χ4v) is 3.56. The van der Waals surface area contributed by atoms with Crippen molar-refractivity contribution in [2.75, 3.05) is 0 Å². The average molecular weight is 353 g/mol. The van der Waals surface area contributed by atoms with Crippen LogP contribution in [-0.4, -0.2) is 33.1 Å². The van der Waals surface area contributed by atoms with Gasteiger partial charge in [-0.1, -0.05) is 6.07 Å². The molecule has 0 aliphatic heterocycles. The number of nitrogens with one attached hydrogen (secondary N) is 2. The molecule has 3 aromatic rings. The first-order valence-electron chi connectivity index (χ1n) is 8.83. The second-order valence-corrected chi connectivity index (χ2v) is 6.78. The fourth-order valence-electron chi connectivity index (χ4n) is 3.56. The number of aromatic amines is 1. The number of amides is 1. The second kappa shape index (κ2) is 6.88. The van der Waals surface area contributed by atoms with Gasteiger partial charge in [0.15, 0.2) is 0 Å². The van der Waals surface area contributed by atoms with Gasteiger partial charge in [0.25, 0.3) is 5.91 Å². The summed E-state index contributed by atoms with van der Waals surface area (Å²) in [6, 6.07) is 8.89. The van der Waals surface area contributed by atoms with E-state index in [4.69, 9.17) is 0 Å². The molecule has 1 aromatic carbocycles. The minimum absolute atomic E-state index is 0.0785. The minimum atomic E-state index is -0.533. The van der Waals surface area contributed by atoms with E-state index in [0.717, 1.165) is 23.7 Å². The molecule has 1 amide bonds. The van der Waals surface area contributed by atoms with E-state index in [2.05, 4.69) is 15.3 Å². The maximum atomic E-state index is 14.0. The van der Waals surface area contributed by atoms with Gasteiger partial charge in [-0.05, 0) is 55.5 Å². The van der Waals surface area contributed by atoms with Gasteiger partial charge in [0.05, 0.1) is 11.7 Å². The van der Waals surface area contributed by atoms with Crippen molar-refractivity contribution in [2.24, 2.45) is 0 Å². The van der Waals surface area contributed by atoms with E-state index < -0.39 is 5.95 Å². The van der Waals surface area contributed by atoms with Crippen LogP contribution in [0.2, 0.25) is 0 Å². The molecule has 2 heterocycles. The Labute approximate surface area is 150 Å². The molecule has 0 saturated heterocycles. The smallest absolute Gasteiger partial charge is 0.253 e. The van der Waals surface area contributed by atoms with Crippen molar-refractivity contribution in [3.8, 4) is 11.1 Å². The molecule has 0 bridgehead atoms. The number of rotatable bonds is 3. The van der Waals surface area contributed by atoms with Crippen LogP contribution in [0.25, 0.3) is 22.0 Å². The lowest BCUT2D eigenvalue weighted by Crippen LogP contribution is -2.38. The van der Waals surface area contributed by atoms with Crippen LogP contribution >= 0.6 is 0 Å². The first-order valence-corrected chi connectivity index (χ1v) is 8.83. The van der Waals surface area contributed by atoms with Crippen LogP contribution in [0.3, 0.4) is 0 Å². The van der Waals surface area contributed by atoms with E-state index in [9.17, 15) is 14.3 Å². The van der Waals surface area contributed by atoms with Crippen molar-refractivity contribution in [1.29, 1.82) is 0 Å². The van der Waals surface area contributed by atoms with Gasteiger partial charge in [0, 0.05) is 34.9 Å². The van der Waals surface area contributed by atoms with Crippen molar-refractivity contribution >= 4 is 16.8 Å². The number of halogens is 1. The first kappa shape index (κ1) is 16.7. The zero-order valence-corrected chi connectivity index (χ0v) is 14.2. The highest BCUT2D eigenvalue weighted by Crippen LogP contribution is 2.28. The highest BCUT2D eigenvalue weighted by Gasteiger charge is 2.22. The van der Waals surface area contributed by atoms with Crippen LogP contribution in [0.5, 0.6) is 0 Å². The summed E-state index contributed by atoms with van der Waals surface area (Å²) < 4.78 is 14.0. The van der Waals surface area contributed by atoms with Gasteiger partial charge >= 0.3 is 0 Å². The van der Waals surface area contributed by atoms with Gasteiger partial charge in [-0.3, -0.25) is 4.79 Å². The molecule has 0 spiro atoms. The molecule has 5 nitrogen and oxygen atoms in total. The Kier molecular flexibility index (Phi) is 4.42. The second-order valence-electron chi connectivity index (χ2n) is 6.78. The summed E-state index contributed by atoms with van der Waals surface area (Å²) in [5.41, 5.74) is 2.44. The number of hydrogen-bond acceptors (Lipinski definition) is 3. The maximum absolute atomic E-state index is 14.0. The van der Waals surface area contributed by atoms with E-state index in [-0.39, 0.29) is 18.1 Å². The highest BCUT2D eigenvalue weighted by molar-refractivity contribution is 6.07. The van der Waals surface area contributed by atoms with E-state index in [1.54, 1.807) is 18.3 Å². The quantitative estimate of drug-likeness (QED) is 0.632. The number of carbonyl (C=O) groups is 1. The molecule has 6 heteroatoms. The van der Waals surface area contributed by atoms with Crippen molar-refractivity contribution in [1.82, 2.24) is 15.3 Å². The van der Waals surface area contributed by atoms with Crippen molar-refractivity contribution in [2.45, 2.75) is 37.8 Å². The Balaban J connectivity index is 1.62. The molecule has 26 heavy (non-hydrogen) atoms. The normalized spacial score (nSPS) is 20.2. The number of fused-ring (bicyclic) bond motifs is 1. The third-order valence-electron chi connectivity index (χ3n) is 5.03. The van der Waals surface area contributed by atoms with Gasteiger partial charge in [-0.15, -0.1) is 0 Å². The number of aliphatic hydroxyl groups is 1. The number of benzene rings is 1. The molecule has 0 radical (unpaired) electrons. The van der Waals surface area contributed by atoms with Gasteiger partial charge in [-0.2, -0.15) is 4.39 Å². The van der Waals surface area contributed by atoms with Crippen molar-refractivity contribution in [3.05, 3.63) is 54.2 Å². The largest absolute Gasteiger partial charge is 0.393 e. The Morgan fingerprint density at radius 1 is 1.23 bits per heavy atom. The third kappa shape index (κ3) is 3.20. The predicted octanol–water partition coefficient (Wildman–Crippen LogP) is 3.40. The number of aliphatic hydroxyl groups excluding tert-OH is 1. The summed E-state index contributed by atoms with van der Waals surface area (Å²) in [4.78, 5) is 19.5. The van der Waals surface area contributed by atoms with Crippen LogP contribution in [0, 0.1) is 5.95 Å². The molecule has 1 saturated carbocycles. The van der Waals surface area contributed by atoms with E-state index in [1.807, 2.05) is 18.2 Å². The van der Waals surface area contributed by atoms with Gasteiger partial charge in [0.2, 0.25) is 5.95 Å². The molecule has 1 aliphatic carbocycles. The lowest BCUT2D eigenvalue weighted by atomic mass is 9.93. The van der Waals surface area contributed by atoms with E-state index in [1.165, 1.54) is 6.20 Å². The van der Waals surface area contributed by atoms with Crippen LogP contribution in [0.1, 0.15) is 36.0 Å². The van der Waals surface area contributed by atoms with Gasteiger partial charge in [0.1, 0.15) is 0 Å². The van der Waals surface area contributed by atoms with Gasteiger partial charge in [-0.25, -0.2) is 4.98 Å². The Morgan fingerprint density at radius 3 is 2.81 bits per heavy atom. The number of pyridine rings is 1. The zero-order chi connectivity index (χ0) is 18.1. The van der Waals surface area contributed by atoms with Crippen molar-refractivity contribution < 1.29 is 14.3 Å². The van der Waals surface area contributed by atoms with Crippen LogP contribution in [0.15, 0.2) is 42.7 Å². The Hall–Kier alpha value is -2.73. The molecule has 1 aliphatic rings. The lowest BCUT2D eigenvalue weighted by molar-refractivity contribution is 0.0869. The van der Waals surface area contributed by atoms with E-state index in [0.29, 0.717) is 29.5 Å². The number of H-pyrrole nitrogens is 1. The van der Waals surface area contributed by atoms with Crippen molar-refractivity contribution in [3.63, 3.8) is 0 Å². The Bertz CT molecular complexity index is 945. The third-order valence-corrected chi connectivity index (χ3v) is 5.03. The fraction of sp³-hybridized carbons (Fsp3) is 0.300. The molecule has 2 aromatic heterocycles. The summed E-state index contributed by atoms with van der Waals surface area (Å²) in [5, 5.41) is 13.4. The molecular formula is C20H20FN3O2. The van der Waals surface area contributed by atoms with Crippen LogP contribution < -0.4 is 5.32 Å². The summed E-state index contributed by atoms with van der Waals surface area (Å²) in [7, 11) is 0. The minimum Gasteiger partial charge on any atom is -0.393 e. The van der Waals surface area contributed by atoms with Crippen LogP contribution in [-0.2, 0) is 0 Å². The molecule has 1 fully saturated rings. The standard InChI is InChI=1S/C20H20FN3O2/c21-19-15(2-1-9-22-19)12-3-8-18-16(10-12)17(11-23-18)20(26)24-13-4-6-14(25)7-5-13/h1-3,8-11,13-14,23,25H,4-7H2,(H,24,26). The SMILES string of the molecule is O=C(NC1CCC(O)CC1)c1c[nH]c2ccc(-c3cccnc3F)cc12. The molecule has 3 N–H and O–H groups in total. The lowest BCUT2D eigenvalue weighted by Gasteiger charge is -2.26. The maximum Gasteiger partial charge on any atom is 0.253 e. The summed E-state index contributed by atoms with van der Waals surface area (Å²) >= 11 is 0. The number of carbonyl (C=O) groups excluding carboxylic acids is 1. The summed E-state index contributed by atoms with van der Waals surface area (Å²) in [5.74, 6) is -0.685. The van der Waals surface area contributed by atoms with Crippen LogP contribution in [0.4, 0.5) is 4.39 Å². The number of aromatic nitrogens is 2. The summed E-state index contributed by atoms with van der Waals surface area (Å²) in [6.45, 7) is 0. The first-order chi connectivity index (χ1) is 12.6. The molecule has 134 valence electrons. The average Bonchev–Trinajstić information content (AvgIpc) is 3.07. The number of hydrogen-bond donors (Lipinski definition) is 3. The summed E-state index contributed by atoms with van der Waals surface area (Å²) in [6.07, 6.45) is 5.82. The highest BCUT2D eigenvalue weighted by atomic mass is 19.1. The zero-order valence-electron chi connectivity index (χ0n) is 14.2. The molecular weight excluding hydrogens is 333 g/mol. The monoisotopic (exact) mass is 353 g/mol. The topological polar surface area (TPSA) is 78.0 Å². The van der Waals surface area contributed by atoms with Gasteiger partial charge < -0.3 is 15.4 Å². The molecule has 4 rings (SSSR count). The number of nitrogens with zero attached hydrogens (tertiary/aromatic N) is 1. The Morgan fingerprint density at radius 2 is 2.04 bits per heavy atom. The predicted molar refractivity (Wildman–Crippen MR) is 97.2 cm³/mol. The van der Waals surface area contributed by atoms with E-state index >= 15 is 0 Å². The molecule has 0 unspecified atom stereocenters.